The number of para-hydroxylation sites is 2. The first-order chi connectivity index (χ1) is 18.5. The van der Waals surface area contributed by atoms with Gasteiger partial charge < -0.3 is 10.1 Å². The molecule has 0 fully saturated rings. The number of allylic oxidation sites excluding steroid dienone is 1. The number of nitrogens with zero attached hydrogens (tertiary/aromatic N) is 1. The van der Waals surface area contributed by atoms with Gasteiger partial charge in [0, 0.05) is 24.1 Å². The molecule has 1 aliphatic heterocycles. The largest absolute Gasteiger partial charge is 0.497 e. The first-order valence-corrected chi connectivity index (χ1v) is 13.3. The quantitative estimate of drug-likeness (QED) is 0.337. The summed E-state index contributed by atoms with van der Waals surface area (Å²) in [7, 11) is 1.63. The first kappa shape index (κ1) is 25.7. The molecular formula is C32H33FN2O3. The summed E-state index contributed by atoms with van der Waals surface area (Å²) in [5, 5.41) is 3.54. The highest BCUT2D eigenvalue weighted by atomic mass is 19.1. The van der Waals surface area contributed by atoms with Crippen LogP contribution in [0.15, 0.2) is 84.1 Å². The molecule has 0 bridgehead atoms. The number of carbonyl (C=O) groups excluding carboxylic acids is 2. The van der Waals surface area contributed by atoms with Gasteiger partial charge in [0.15, 0.2) is 5.78 Å². The number of benzene rings is 3. The molecule has 5 nitrogen and oxygen atoms in total. The predicted molar refractivity (Wildman–Crippen MR) is 148 cm³/mol. The number of methoxy groups -OCH3 is 1. The third-order valence-corrected chi connectivity index (χ3v) is 7.52. The fraction of sp³-hybridized carbons (Fsp3) is 0.312. The number of anilines is 2. The summed E-state index contributed by atoms with van der Waals surface area (Å²) < 4.78 is 19.3. The molecule has 0 saturated carbocycles. The van der Waals surface area contributed by atoms with Crippen LogP contribution >= 0.6 is 0 Å². The maximum atomic E-state index is 14.0. The maximum Gasteiger partial charge on any atom is 0.227 e. The molecular weight excluding hydrogens is 479 g/mol. The van der Waals surface area contributed by atoms with E-state index in [1.807, 2.05) is 48.5 Å². The summed E-state index contributed by atoms with van der Waals surface area (Å²) in [5.41, 5.74) is 4.70. The number of halogens is 1. The van der Waals surface area contributed by atoms with E-state index in [4.69, 9.17) is 4.74 Å². The van der Waals surface area contributed by atoms with Crippen molar-refractivity contribution >= 4 is 23.1 Å². The van der Waals surface area contributed by atoms with Gasteiger partial charge in [-0.2, -0.15) is 0 Å². The number of amides is 1. The number of hydrogen-bond acceptors (Lipinski definition) is 4. The van der Waals surface area contributed by atoms with Crippen molar-refractivity contribution in [1.29, 1.82) is 0 Å². The zero-order valence-electron chi connectivity index (χ0n) is 21.9. The summed E-state index contributed by atoms with van der Waals surface area (Å²) in [6.45, 7) is 2.11. The molecule has 0 aromatic heterocycles. The Morgan fingerprint density at radius 3 is 2.39 bits per heavy atom. The van der Waals surface area contributed by atoms with Crippen molar-refractivity contribution in [2.75, 3.05) is 17.3 Å². The lowest BCUT2D eigenvalue weighted by Gasteiger charge is -2.35. The van der Waals surface area contributed by atoms with E-state index in [9.17, 15) is 14.0 Å². The molecule has 196 valence electrons. The second kappa shape index (κ2) is 11.2. The Morgan fingerprint density at radius 2 is 1.68 bits per heavy atom. The van der Waals surface area contributed by atoms with Crippen molar-refractivity contribution in [3.63, 3.8) is 0 Å². The maximum absolute atomic E-state index is 14.0. The molecule has 1 N–H and O–H groups in total. The Bertz CT molecular complexity index is 1350. The van der Waals surface area contributed by atoms with Crippen molar-refractivity contribution in [2.45, 2.75) is 57.4 Å². The van der Waals surface area contributed by atoms with Gasteiger partial charge in [0.05, 0.1) is 24.5 Å². The van der Waals surface area contributed by atoms with Crippen LogP contribution in [0, 0.1) is 5.82 Å². The van der Waals surface area contributed by atoms with E-state index >= 15 is 0 Å². The van der Waals surface area contributed by atoms with Gasteiger partial charge >= 0.3 is 0 Å². The van der Waals surface area contributed by atoms with Crippen LogP contribution in [0.2, 0.25) is 0 Å². The van der Waals surface area contributed by atoms with E-state index in [0.717, 1.165) is 53.2 Å². The van der Waals surface area contributed by atoms with Gasteiger partial charge in [0.1, 0.15) is 11.6 Å². The number of hydrogen-bond donors (Lipinski definition) is 1. The SMILES string of the molecule is CCCCCC(=O)N1c2ccccc2NC2=C(C(=O)C[C@H](c3ccc(OC)cc3)C2)[C@@H]1c1ccc(F)cc1. The second-order valence-electron chi connectivity index (χ2n) is 10.0. The summed E-state index contributed by atoms with van der Waals surface area (Å²) in [4.78, 5) is 29.6. The lowest BCUT2D eigenvalue weighted by atomic mass is 9.78. The smallest absolute Gasteiger partial charge is 0.227 e. The van der Waals surface area contributed by atoms with Crippen LogP contribution in [0.25, 0.3) is 0 Å². The molecule has 0 unspecified atom stereocenters. The molecule has 1 aliphatic carbocycles. The number of rotatable bonds is 7. The standard InChI is InChI=1S/C32H33FN2O3/c1-3-4-5-10-30(37)35-28-9-7-6-8-26(28)34-27-19-23(21-13-17-25(38-2)18-14-21)20-29(36)31(27)32(35)22-11-15-24(33)16-12-22/h6-9,11-18,23,32,34H,3-5,10,19-20H2,1-2H3/t23-,32+/m1/s1. The predicted octanol–water partition coefficient (Wildman–Crippen LogP) is 7.32. The molecule has 0 saturated heterocycles. The van der Waals surface area contributed by atoms with E-state index in [2.05, 4.69) is 12.2 Å². The minimum atomic E-state index is -0.639. The van der Waals surface area contributed by atoms with E-state index in [-0.39, 0.29) is 23.4 Å². The average molecular weight is 513 g/mol. The van der Waals surface area contributed by atoms with Crippen molar-refractivity contribution in [2.24, 2.45) is 0 Å². The molecule has 3 aromatic carbocycles. The van der Waals surface area contributed by atoms with E-state index < -0.39 is 6.04 Å². The third kappa shape index (κ3) is 5.08. The molecule has 2 aliphatic rings. The van der Waals surface area contributed by atoms with Crippen LogP contribution in [-0.4, -0.2) is 18.8 Å². The number of carbonyl (C=O) groups is 2. The fourth-order valence-corrected chi connectivity index (χ4v) is 5.58. The normalized spacial score (nSPS) is 18.8. The monoisotopic (exact) mass is 512 g/mol. The Kier molecular flexibility index (Phi) is 7.59. The Balaban J connectivity index is 1.63. The van der Waals surface area contributed by atoms with Crippen LogP contribution < -0.4 is 15.0 Å². The highest BCUT2D eigenvalue weighted by Crippen LogP contribution is 2.47. The van der Waals surface area contributed by atoms with Crippen molar-refractivity contribution in [3.8, 4) is 5.75 Å². The summed E-state index contributed by atoms with van der Waals surface area (Å²) in [5.74, 6) is 0.359. The zero-order valence-corrected chi connectivity index (χ0v) is 21.9. The summed E-state index contributed by atoms with van der Waals surface area (Å²) in [6.07, 6.45) is 4.07. The van der Waals surface area contributed by atoms with Crippen LogP contribution in [0.3, 0.4) is 0 Å². The second-order valence-corrected chi connectivity index (χ2v) is 10.0. The summed E-state index contributed by atoms with van der Waals surface area (Å²) in [6, 6.07) is 21.1. The van der Waals surface area contributed by atoms with Crippen LogP contribution in [-0.2, 0) is 9.59 Å². The van der Waals surface area contributed by atoms with Gasteiger partial charge in [-0.05, 0) is 66.3 Å². The van der Waals surface area contributed by atoms with Gasteiger partial charge in [0.2, 0.25) is 5.91 Å². The molecule has 1 amide bonds. The van der Waals surface area contributed by atoms with Crippen LogP contribution in [0.5, 0.6) is 5.75 Å². The number of nitrogens with one attached hydrogen (secondary N) is 1. The lowest BCUT2D eigenvalue weighted by molar-refractivity contribution is -0.119. The molecule has 2 atom stereocenters. The average Bonchev–Trinajstić information content (AvgIpc) is 3.08. The van der Waals surface area contributed by atoms with Gasteiger partial charge in [-0.3, -0.25) is 14.5 Å². The van der Waals surface area contributed by atoms with Gasteiger partial charge in [-0.25, -0.2) is 4.39 Å². The Labute approximate surface area is 223 Å². The number of Topliss-reactive ketones (excluding diaryl/α,β-unsaturated/α-hetero) is 1. The number of ketones is 1. The molecule has 0 radical (unpaired) electrons. The minimum Gasteiger partial charge on any atom is -0.497 e. The Morgan fingerprint density at radius 1 is 0.974 bits per heavy atom. The Hall–Kier alpha value is -3.93. The molecule has 5 rings (SSSR count). The van der Waals surface area contributed by atoms with Gasteiger partial charge in [-0.15, -0.1) is 0 Å². The van der Waals surface area contributed by atoms with Crippen LogP contribution in [0.1, 0.15) is 68.5 Å². The third-order valence-electron chi connectivity index (χ3n) is 7.52. The van der Waals surface area contributed by atoms with E-state index in [1.165, 1.54) is 12.1 Å². The topological polar surface area (TPSA) is 58.6 Å². The van der Waals surface area contributed by atoms with Crippen molar-refractivity contribution in [3.05, 3.63) is 101 Å². The van der Waals surface area contributed by atoms with Crippen molar-refractivity contribution in [1.82, 2.24) is 0 Å². The number of ether oxygens (including phenoxy) is 1. The molecule has 6 heteroatoms. The highest BCUT2D eigenvalue weighted by Gasteiger charge is 2.41. The highest BCUT2D eigenvalue weighted by molar-refractivity contribution is 6.06. The van der Waals surface area contributed by atoms with Crippen LogP contribution in [0.4, 0.5) is 15.8 Å². The fourth-order valence-electron chi connectivity index (χ4n) is 5.58. The van der Waals surface area contributed by atoms with E-state index in [1.54, 1.807) is 24.1 Å². The summed E-state index contributed by atoms with van der Waals surface area (Å²) >= 11 is 0. The van der Waals surface area contributed by atoms with E-state index in [0.29, 0.717) is 24.8 Å². The molecule has 3 aromatic rings. The minimum absolute atomic E-state index is 0.00643. The number of unbranched alkanes of at least 4 members (excludes halogenated alkanes) is 2. The molecule has 38 heavy (non-hydrogen) atoms. The molecule has 1 heterocycles. The first-order valence-electron chi connectivity index (χ1n) is 13.3. The molecule has 0 spiro atoms. The van der Waals surface area contributed by atoms with Crippen molar-refractivity contribution < 1.29 is 18.7 Å². The zero-order chi connectivity index (χ0) is 26.6. The van der Waals surface area contributed by atoms with Gasteiger partial charge in [-0.1, -0.05) is 56.2 Å². The lowest BCUT2D eigenvalue weighted by Crippen LogP contribution is -2.38. The number of fused-ring (bicyclic) bond motifs is 1. The van der Waals surface area contributed by atoms with Gasteiger partial charge in [0.25, 0.3) is 0 Å².